The fourth-order valence-corrected chi connectivity index (χ4v) is 8.76. The summed E-state index contributed by atoms with van der Waals surface area (Å²) < 4.78 is 77.9. The monoisotopic (exact) mass is 802 g/mol. The lowest BCUT2D eigenvalue weighted by atomic mass is 9.56. The van der Waals surface area contributed by atoms with E-state index in [1.807, 2.05) is 0 Å². The van der Waals surface area contributed by atoms with Gasteiger partial charge in [-0.1, -0.05) is 11.6 Å². The maximum absolute atomic E-state index is 15.1. The van der Waals surface area contributed by atoms with Crippen molar-refractivity contribution in [2.24, 2.45) is 17.8 Å². The van der Waals surface area contributed by atoms with Crippen molar-refractivity contribution in [1.29, 1.82) is 0 Å². The third-order valence-electron chi connectivity index (χ3n) is 8.90. The Bertz CT molecular complexity index is 1800. The number of hydroxylamine groups is 2. The molecule has 2 heterocycles. The van der Waals surface area contributed by atoms with Gasteiger partial charge in [0.05, 0.1) is 23.4 Å². The second-order valence-electron chi connectivity index (χ2n) is 10.8. The molecule has 0 radical (unpaired) electrons. The lowest BCUT2D eigenvalue weighted by Gasteiger charge is -2.51. The fourth-order valence-electron chi connectivity index (χ4n) is 6.87. The number of methoxy groups -OCH3 is 1. The summed E-state index contributed by atoms with van der Waals surface area (Å²) >= 11 is 20.5. The van der Waals surface area contributed by atoms with Gasteiger partial charge in [0.25, 0.3) is 23.6 Å². The van der Waals surface area contributed by atoms with Gasteiger partial charge in [-0.2, -0.15) is 5.06 Å². The van der Waals surface area contributed by atoms with Crippen LogP contribution in [0.4, 0.5) is 27.6 Å². The van der Waals surface area contributed by atoms with E-state index in [0.29, 0.717) is 0 Å². The van der Waals surface area contributed by atoms with Gasteiger partial charge in [-0.3, -0.25) is 24.4 Å². The van der Waals surface area contributed by atoms with E-state index in [2.05, 4.69) is 31.9 Å². The first-order valence-electron chi connectivity index (χ1n) is 12.8. The zero-order valence-electron chi connectivity index (χ0n) is 22.1. The van der Waals surface area contributed by atoms with Gasteiger partial charge in [-0.15, -0.1) is 23.2 Å². The zero-order valence-corrected chi connectivity index (χ0v) is 26.8. The highest BCUT2D eigenvalue weighted by Gasteiger charge is 2.77. The maximum Gasteiger partial charge on any atom is 0.258 e. The summed E-state index contributed by atoms with van der Waals surface area (Å²) in [6, 6.07) is 1.20. The van der Waals surface area contributed by atoms with Gasteiger partial charge in [0.2, 0.25) is 5.82 Å². The number of imide groups is 2. The summed E-state index contributed by atoms with van der Waals surface area (Å²) in [6.07, 6.45) is 0.549. The van der Waals surface area contributed by atoms with Crippen molar-refractivity contribution in [1.82, 2.24) is 5.06 Å². The molecule has 0 unspecified atom stereocenters. The molecule has 3 fully saturated rings. The quantitative estimate of drug-likeness (QED) is 0.0791. The molecule has 2 aliphatic carbocycles. The van der Waals surface area contributed by atoms with Crippen LogP contribution < -0.4 is 9.64 Å². The standard InChI is InChI=1S/C27H15Br2Cl2F5N2O7/c1-45-10-4-8(13(28)14(29)21(10)39)12-6-2-3-7-11(23(41)38(44)22(7)40)9(6)5-26(30)24(42)37(25(43)27(12,26)31)20-18(35)16(33)15(32)17(34)19(20)36/h2,4,7,9,11-12,39,44H,3,5H2,1H3/t7-,9+,11-,12+,26+,27-/m0/s1. The molecule has 9 nitrogen and oxygen atoms in total. The van der Waals surface area contributed by atoms with E-state index >= 15 is 8.78 Å². The number of halogens is 9. The molecule has 2 saturated heterocycles. The Labute approximate surface area is 275 Å². The lowest BCUT2D eigenvalue weighted by Crippen LogP contribution is -2.60. The number of phenolic OH excluding ortho intramolecular Hbond substituents is 1. The van der Waals surface area contributed by atoms with E-state index in [-0.39, 0.29) is 42.2 Å². The smallest absolute Gasteiger partial charge is 0.258 e. The number of anilines is 1. The molecule has 0 spiro atoms. The van der Waals surface area contributed by atoms with Crippen LogP contribution in [0.2, 0.25) is 0 Å². The first-order valence-corrected chi connectivity index (χ1v) is 15.1. The van der Waals surface area contributed by atoms with Gasteiger partial charge in [0.15, 0.2) is 44.5 Å². The number of aromatic hydroxyl groups is 1. The lowest BCUT2D eigenvalue weighted by molar-refractivity contribution is -0.173. The molecule has 238 valence electrons. The molecule has 1 saturated carbocycles. The van der Waals surface area contributed by atoms with Crippen molar-refractivity contribution < 1.29 is 56.2 Å². The van der Waals surface area contributed by atoms with Gasteiger partial charge >= 0.3 is 0 Å². The predicted octanol–water partition coefficient (Wildman–Crippen LogP) is 5.57. The number of carbonyl (C=O) groups excluding carboxylic acids is 4. The third-order valence-corrected chi connectivity index (χ3v) is 12.5. The minimum absolute atomic E-state index is 0.0149. The van der Waals surface area contributed by atoms with Crippen LogP contribution in [-0.2, 0) is 19.2 Å². The SMILES string of the molecule is COc1cc([C@H]2C3=CC[C@@H]4C(=O)N(O)C(=O)[C@@H]4[C@@H]3C[C@@]3(Cl)C(=O)N(c4c(F)c(F)c(F)c(F)c4F)C(=O)[C@@]23Cl)c(Br)c(Br)c1O. The van der Waals surface area contributed by atoms with Crippen molar-refractivity contribution in [2.45, 2.75) is 28.5 Å². The number of alkyl halides is 2. The topological polar surface area (TPSA) is 124 Å². The highest BCUT2D eigenvalue weighted by Crippen LogP contribution is 2.67. The average Bonchev–Trinajstić information content (AvgIpc) is 3.32. The second kappa shape index (κ2) is 10.4. The summed E-state index contributed by atoms with van der Waals surface area (Å²) in [5.41, 5.74) is -1.80. The minimum Gasteiger partial charge on any atom is -0.503 e. The molecule has 0 bridgehead atoms. The number of allylic oxidation sites excluding steroid dienone is 2. The fraction of sp³-hybridized carbons (Fsp3) is 0.333. The van der Waals surface area contributed by atoms with E-state index in [1.165, 1.54) is 19.3 Å². The van der Waals surface area contributed by atoms with Crippen molar-refractivity contribution >= 4 is 84.4 Å². The Balaban J connectivity index is 1.67. The van der Waals surface area contributed by atoms with Crippen LogP contribution in [0.25, 0.3) is 0 Å². The first-order chi connectivity index (χ1) is 21.0. The van der Waals surface area contributed by atoms with Gasteiger partial charge < -0.3 is 9.84 Å². The molecule has 6 atom stereocenters. The average molecular weight is 805 g/mol. The number of amides is 4. The number of benzene rings is 2. The highest BCUT2D eigenvalue weighted by molar-refractivity contribution is 9.13. The molecule has 2 aromatic rings. The molecule has 4 aliphatic rings. The molecule has 2 aromatic carbocycles. The van der Waals surface area contributed by atoms with E-state index < -0.39 is 104 Å². The van der Waals surface area contributed by atoms with Gasteiger partial charge in [0.1, 0.15) is 5.69 Å². The van der Waals surface area contributed by atoms with Gasteiger partial charge in [-0.25, -0.2) is 26.9 Å². The van der Waals surface area contributed by atoms with Crippen LogP contribution in [-0.4, -0.2) is 55.9 Å². The van der Waals surface area contributed by atoms with Gasteiger partial charge in [-0.05, 0) is 62.2 Å². The van der Waals surface area contributed by atoms with Crippen LogP contribution in [0.5, 0.6) is 11.5 Å². The summed E-state index contributed by atoms with van der Waals surface area (Å²) in [5, 5.41) is 20.6. The number of hydrogen-bond acceptors (Lipinski definition) is 7. The normalized spacial score (nSPS) is 30.9. The Morgan fingerprint density at radius 3 is 2.07 bits per heavy atom. The molecular formula is C27H15Br2Cl2F5N2O7. The number of nitrogens with zero attached hydrogens (tertiary/aromatic N) is 2. The van der Waals surface area contributed by atoms with E-state index in [0.717, 1.165) is 0 Å². The van der Waals surface area contributed by atoms with Crippen LogP contribution >= 0.6 is 55.1 Å². The first kappa shape index (κ1) is 32.2. The molecular weight excluding hydrogens is 790 g/mol. The Morgan fingerprint density at radius 1 is 0.911 bits per heavy atom. The largest absolute Gasteiger partial charge is 0.503 e. The third kappa shape index (κ3) is 3.85. The summed E-state index contributed by atoms with van der Waals surface area (Å²) in [5.74, 6) is -23.7. The van der Waals surface area contributed by atoms with Crippen molar-refractivity contribution in [3.63, 3.8) is 0 Å². The van der Waals surface area contributed by atoms with Crippen LogP contribution in [0.1, 0.15) is 24.3 Å². The number of fused-ring (bicyclic) bond motifs is 4. The van der Waals surface area contributed by atoms with E-state index in [9.17, 15) is 42.7 Å². The molecule has 2 N–H and O–H groups in total. The Morgan fingerprint density at radius 2 is 1.49 bits per heavy atom. The molecule has 6 rings (SSSR count). The van der Waals surface area contributed by atoms with Crippen LogP contribution in [0.15, 0.2) is 26.7 Å². The molecule has 45 heavy (non-hydrogen) atoms. The van der Waals surface area contributed by atoms with E-state index in [1.54, 1.807) is 0 Å². The molecule has 4 amide bonds. The van der Waals surface area contributed by atoms with Crippen molar-refractivity contribution in [2.75, 3.05) is 12.0 Å². The number of phenols is 1. The van der Waals surface area contributed by atoms with Crippen molar-refractivity contribution in [3.8, 4) is 11.5 Å². The van der Waals surface area contributed by atoms with Gasteiger partial charge in [0, 0.05) is 10.4 Å². The highest BCUT2D eigenvalue weighted by atomic mass is 79.9. The van der Waals surface area contributed by atoms with Crippen LogP contribution in [0.3, 0.4) is 0 Å². The maximum atomic E-state index is 15.1. The Kier molecular flexibility index (Phi) is 7.40. The molecule has 18 heteroatoms. The van der Waals surface area contributed by atoms with Crippen molar-refractivity contribution in [3.05, 3.63) is 61.3 Å². The Hall–Kier alpha value is -2.79. The summed E-state index contributed by atoms with van der Waals surface area (Å²) in [7, 11) is 1.18. The number of carbonyl (C=O) groups is 4. The number of ether oxygens (including phenoxy) is 1. The predicted molar refractivity (Wildman–Crippen MR) is 150 cm³/mol. The minimum atomic E-state index is -2.78. The summed E-state index contributed by atoms with van der Waals surface area (Å²) in [6.45, 7) is 0. The number of hydrogen-bond donors (Lipinski definition) is 2. The molecule has 0 aromatic heterocycles. The van der Waals surface area contributed by atoms with E-state index in [4.69, 9.17) is 27.9 Å². The second-order valence-corrected chi connectivity index (χ2v) is 13.7. The summed E-state index contributed by atoms with van der Waals surface area (Å²) in [4.78, 5) is 48.3. The number of rotatable bonds is 3. The molecule has 2 aliphatic heterocycles. The van der Waals surface area contributed by atoms with Crippen LogP contribution in [0, 0.1) is 46.8 Å². The zero-order chi connectivity index (χ0) is 33.2.